The molecule has 0 radical (unpaired) electrons. The average molecular weight is 289 g/mol. The van der Waals surface area contributed by atoms with Crippen LogP contribution in [0.2, 0.25) is 0 Å². The highest BCUT2D eigenvalue weighted by atomic mass is 32.2. The predicted molar refractivity (Wildman–Crippen MR) is 87.0 cm³/mol. The maximum atomic E-state index is 5.79. The number of hydrogen-bond acceptors (Lipinski definition) is 3. The molecule has 1 aromatic heterocycles. The zero-order chi connectivity index (χ0) is 14.4. The second kappa shape index (κ2) is 7.55. The van der Waals surface area contributed by atoms with E-state index in [0.717, 1.165) is 36.1 Å². The van der Waals surface area contributed by atoms with Crippen molar-refractivity contribution in [1.82, 2.24) is 5.32 Å². The van der Waals surface area contributed by atoms with E-state index in [1.54, 1.807) is 0 Å². The maximum absolute atomic E-state index is 5.79. The molecule has 0 aliphatic rings. The van der Waals surface area contributed by atoms with Gasteiger partial charge in [0.25, 0.3) is 0 Å². The molecule has 0 fully saturated rings. The summed E-state index contributed by atoms with van der Waals surface area (Å²) in [5.74, 6) is 4.05. The van der Waals surface area contributed by atoms with Crippen LogP contribution in [0.15, 0.2) is 34.7 Å². The second-order valence-electron chi connectivity index (χ2n) is 5.14. The van der Waals surface area contributed by atoms with Crippen LogP contribution < -0.4 is 5.32 Å². The summed E-state index contributed by atoms with van der Waals surface area (Å²) in [6.45, 7) is 8.20. The van der Waals surface area contributed by atoms with Gasteiger partial charge in [0.1, 0.15) is 11.5 Å². The summed E-state index contributed by atoms with van der Waals surface area (Å²) in [5.41, 5.74) is 4.07. The van der Waals surface area contributed by atoms with Gasteiger partial charge in [-0.25, -0.2) is 0 Å². The summed E-state index contributed by atoms with van der Waals surface area (Å²) < 4.78 is 5.79. The molecule has 0 spiro atoms. The highest BCUT2D eigenvalue weighted by molar-refractivity contribution is 7.97. The lowest BCUT2D eigenvalue weighted by Gasteiger charge is -2.04. The number of rotatable bonds is 7. The number of benzene rings is 1. The van der Waals surface area contributed by atoms with Gasteiger partial charge in [0.05, 0.1) is 12.3 Å². The van der Waals surface area contributed by atoms with Crippen LogP contribution >= 0.6 is 11.8 Å². The lowest BCUT2D eigenvalue weighted by Crippen LogP contribution is -2.10. The molecule has 20 heavy (non-hydrogen) atoms. The third kappa shape index (κ3) is 4.73. The van der Waals surface area contributed by atoms with E-state index < -0.39 is 0 Å². The van der Waals surface area contributed by atoms with Gasteiger partial charge in [-0.05, 0) is 38.1 Å². The van der Waals surface area contributed by atoms with Crippen molar-refractivity contribution in [1.29, 1.82) is 0 Å². The van der Waals surface area contributed by atoms with Gasteiger partial charge in [0, 0.05) is 5.75 Å². The normalized spacial score (nSPS) is 10.9. The third-order valence-electron chi connectivity index (χ3n) is 3.06. The first-order valence-corrected chi connectivity index (χ1v) is 8.26. The van der Waals surface area contributed by atoms with Crippen molar-refractivity contribution >= 4 is 11.8 Å². The Bertz CT molecular complexity index is 527. The smallest absolute Gasteiger partial charge is 0.117 e. The van der Waals surface area contributed by atoms with E-state index in [1.165, 1.54) is 16.7 Å². The van der Waals surface area contributed by atoms with Crippen LogP contribution in [0, 0.1) is 13.8 Å². The zero-order valence-electron chi connectivity index (χ0n) is 12.5. The van der Waals surface area contributed by atoms with Crippen molar-refractivity contribution in [3.05, 3.63) is 58.5 Å². The van der Waals surface area contributed by atoms with E-state index in [0.29, 0.717) is 0 Å². The van der Waals surface area contributed by atoms with Crippen molar-refractivity contribution in [3.8, 4) is 0 Å². The van der Waals surface area contributed by atoms with Crippen LogP contribution in [-0.4, -0.2) is 6.54 Å². The van der Waals surface area contributed by atoms with Gasteiger partial charge >= 0.3 is 0 Å². The minimum atomic E-state index is 0.818. The first kappa shape index (κ1) is 15.2. The highest BCUT2D eigenvalue weighted by Gasteiger charge is 2.03. The Morgan fingerprint density at radius 2 is 1.70 bits per heavy atom. The van der Waals surface area contributed by atoms with Gasteiger partial charge in [-0.2, -0.15) is 0 Å². The first-order chi connectivity index (χ1) is 9.67. The molecule has 108 valence electrons. The van der Waals surface area contributed by atoms with E-state index in [2.05, 4.69) is 56.4 Å². The summed E-state index contributed by atoms with van der Waals surface area (Å²) in [6, 6.07) is 10.9. The largest absolute Gasteiger partial charge is 0.464 e. The minimum Gasteiger partial charge on any atom is -0.464 e. The van der Waals surface area contributed by atoms with Gasteiger partial charge in [0.2, 0.25) is 0 Å². The number of thioether (sulfide) groups is 1. The van der Waals surface area contributed by atoms with Crippen LogP contribution in [0.5, 0.6) is 0 Å². The van der Waals surface area contributed by atoms with Crippen LogP contribution in [0.25, 0.3) is 0 Å². The SMILES string of the molecule is CCNCc1ccc(CSCc2cc(C)cc(C)c2)o1. The molecule has 2 rings (SSSR count). The van der Waals surface area contributed by atoms with Gasteiger partial charge in [-0.15, -0.1) is 11.8 Å². The molecule has 0 saturated carbocycles. The molecule has 0 saturated heterocycles. The standard InChI is InChI=1S/C17H23NOS/c1-4-18-10-16-5-6-17(19-16)12-20-11-15-8-13(2)7-14(3)9-15/h5-9,18H,4,10-12H2,1-3H3. The molecule has 1 N–H and O–H groups in total. The summed E-state index contributed by atoms with van der Waals surface area (Å²) >= 11 is 1.90. The molecule has 0 aliphatic heterocycles. The molecular formula is C17H23NOS. The van der Waals surface area contributed by atoms with Crippen LogP contribution in [0.4, 0.5) is 0 Å². The summed E-state index contributed by atoms with van der Waals surface area (Å²) in [6.07, 6.45) is 0. The van der Waals surface area contributed by atoms with Gasteiger partial charge in [-0.3, -0.25) is 0 Å². The summed E-state index contributed by atoms with van der Waals surface area (Å²) in [7, 11) is 0. The molecular weight excluding hydrogens is 266 g/mol. The summed E-state index contributed by atoms with van der Waals surface area (Å²) in [4.78, 5) is 0. The molecule has 3 heteroatoms. The Balaban J connectivity index is 1.81. The van der Waals surface area contributed by atoms with Crippen molar-refractivity contribution in [2.24, 2.45) is 0 Å². The van der Waals surface area contributed by atoms with Crippen molar-refractivity contribution in [2.75, 3.05) is 6.54 Å². The Morgan fingerprint density at radius 1 is 1.00 bits per heavy atom. The Labute approximate surface area is 126 Å². The van der Waals surface area contributed by atoms with Crippen LogP contribution in [-0.2, 0) is 18.1 Å². The molecule has 2 aromatic rings. The average Bonchev–Trinajstić information content (AvgIpc) is 2.83. The molecule has 0 unspecified atom stereocenters. The van der Waals surface area contributed by atoms with Gasteiger partial charge in [-0.1, -0.05) is 36.2 Å². The van der Waals surface area contributed by atoms with Gasteiger partial charge in [0.15, 0.2) is 0 Å². The fourth-order valence-corrected chi connectivity index (χ4v) is 3.13. The highest BCUT2D eigenvalue weighted by Crippen LogP contribution is 2.21. The van der Waals surface area contributed by atoms with E-state index >= 15 is 0 Å². The van der Waals surface area contributed by atoms with E-state index in [-0.39, 0.29) is 0 Å². The molecule has 0 atom stereocenters. The number of hydrogen-bond donors (Lipinski definition) is 1. The number of furan rings is 1. The van der Waals surface area contributed by atoms with Crippen LogP contribution in [0.3, 0.4) is 0 Å². The summed E-state index contributed by atoms with van der Waals surface area (Å²) in [5, 5.41) is 3.27. The molecule has 0 aliphatic carbocycles. The molecule has 2 nitrogen and oxygen atoms in total. The van der Waals surface area contributed by atoms with Crippen molar-refractivity contribution < 1.29 is 4.42 Å². The second-order valence-corrected chi connectivity index (χ2v) is 6.12. The monoisotopic (exact) mass is 289 g/mol. The van der Waals surface area contributed by atoms with E-state index in [4.69, 9.17) is 4.42 Å². The van der Waals surface area contributed by atoms with E-state index in [9.17, 15) is 0 Å². The predicted octanol–water partition coefficient (Wildman–Crippen LogP) is 4.44. The number of nitrogens with one attached hydrogen (secondary N) is 1. The number of aryl methyl sites for hydroxylation is 2. The first-order valence-electron chi connectivity index (χ1n) is 7.10. The molecule has 0 amide bonds. The van der Waals surface area contributed by atoms with Gasteiger partial charge < -0.3 is 9.73 Å². The lowest BCUT2D eigenvalue weighted by atomic mass is 10.1. The fourth-order valence-electron chi connectivity index (χ4n) is 2.26. The van der Waals surface area contributed by atoms with Crippen molar-refractivity contribution in [3.63, 3.8) is 0 Å². The fraction of sp³-hybridized carbons (Fsp3) is 0.412. The molecule has 1 heterocycles. The van der Waals surface area contributed by atoms with Crippen LogP contribution in [0.1, 0.15) is 35.1 Å². The van der Waals surface area contributed by atoms with Crippen molar-refractivity contribution in [2.45, 2.75) is 38.8 Å². The zero-order valence-corrected chi connectivity index (χ0v) is 13.3. The maximum Gasteiger partial charge on any atom is 0.117 e. The Morgan fingerprint density at radius 3 is 2.40 bits per heavy atom. The topological polar surface area (TPSA) is 25.2 Å². The van der Waals surface area contributed by atoms with E-state index in [1.807, 2.05) is 11.8 Å². The quantitative estimate of drug-likeness (QED) is 0.816. The Hall–Kier alpha value is -1.19. The lowest BCUT2D eigenvalue weighted by molar-refractivity contribution is 0.463. The minimum absolute atomic E-state index is 0.818. The molecule has 1 aromatic carbocycles. The molecule has 0 bridgehead atoms. The third-order valence-corrected chi connectivity index (χ3v) is 4.09. The Kier molecular flexibility index (Phi) is 5.74.